The Hall–Kier alpha value is -2.08. The van der Waals surface area contributed by atoms with E-state index in [4.69, 9.17) is 15.6 Å². The lowest BCUT2D eigenvalue weighted by atomic mass is 10.2. The van der Waals surface area contributed by atoms with Gasteiger partial charge in [0.2, 0.25) is 5.91 Å². The van der Waals surface area contributed by atoms with Crippen LogP contribution in [0.2, 0.25) is 0 Å². The molecule has 0 heterocycles. The van der Waals surface area contributed by atoms with E-state index in [0.717, 1.165) is 11.3 Å². The van der Waals surface area contributed by atoms with E-state index in [1.54, 1.807) is 7.05 Å². The predicted octanol–water partition coefficient (Wildman–Crippen LogP) is 0.634. The van der Waals surface area contributed by atoms with Crippen LogP contribution in [0, 0.1) is 6.92 Å². The van der Waals surface area contributed by atoms with Gasteiger partial charge in [0.25, 0.3) is 0 Å². The van der Waals surface area contributed by atoms with Crippen molar-refractivity contribution in [2.45, 2.75) is 19.4 Å². The molecule has 1 atom stereocenters. The summed E-state index contributed by atoms with van der Waals surface area (Å²) in [6, 6.07) is 6.58. The van der Waals surface area contributed by atoms with Gasteiger partial charge in [0.15, 0.2) is 0 Å². The molecule has 6 nitrogen and oxygen atoms in total. The van der Waals surface area contributed by atoms with Gasteiger partial charge in [-0.3, -0.25) is 9.59 Å². The Morgan fingerprint density at radius 2 is 2.15 bits per heavy atom. The zero-order valence-corrected chi connectivity index (χ0v) is 11.7. The molecule has 1 rings (SSSR count). The Morgan fingerprint density at radius 1 is 1.45 bits per heavy atom. The molecule has 1 aromatic rings. The molecule has 0 bridgehead atoms. The van der Waals surface area contributed by atoms with E-state index in [9.17, 15) is 9.59 Å². The third-order valence-electron chi connectivity index (χ3n) is 2.77. The first kappa shape index (κ1) is 16.0. The number of carboxylic acid groups (broad SMARTS) is 1. The predicted molar refractivity (Wildman–Crippen MR) is 74.5 cm³/mol. The molecule has 0 spiro atoms. The van der Waals surface area contributed by atoms with Gasteiger partial charge in [-0.25, -0.2) is 0 Å². The topological polar surface area (TPSA) is 92.9 Å². The Morgan fingerprint density at radius 3 is 2.75 bits per heavy atom. The zero-order chi connectivity index (χ0) is 15.1. The number of hydrogen-bond donors (Lipinski definition) is 2. The SMILES string of the molecule is Cc1cccc(OCCN(C)C(=O)C(N)CC(=O)O)c1. The van der Waals surface area contributed by atoms with Crippen molar-refractivity contribution in [1.29, 1.82) is 0 Å². The van der Waals surface area contributed by atoms with E-state index in [1.807, 2.05) is 31.2 Å². The minimum Gasteiger partial charge on any atom is -0.492 e. The number of carbonyl (C=O) groups excluding carboxylic acids is 1. The fourth-order valence-corrected chi connectivity index (χ4v) is 1.67. The first-order valence-corrected chi connectivity index (χ1v) is 6.32. The molecular formula is C14H20N2O4. The van der Waals surface area contributed by atoms with Gasteiger partial charge >= 0.3 is 5.97 Å². The number of aryl methyl sites for hydroxylation is 1. The van der Waals surface area contributed by atoms with Crippen LogP contribution >= 0.6 is 0 Å². The van der Waals surface area contributed by atoms with Gasteiger partial charge in [-0.05, 0) is 24.6 Å². The first-order valence-electron chi connectivity index (χ1n) is 6.32. The van der Waals surface area contributed by atoms with E-state index < -0.39 is 17.9 Å². The summed E-state index contributed by atoms with van der Waals surface area (Å²) in [5.41, 5.74) is 6.60. The number of carboxylic acids is 1. The lowest BCUT2D eigenvalue weighted by Gasteiger charge is -2.20. The fraction of sp³-hybridized carbons (Fsp3) is 0.429. The maximum atomic E-state index is 11.8. The molecule has 20 heavy (non-hydrogen) atoms. The van der Waals surface area contributed by atoms with Crippen molar-refractivity contribution >= 4 is 11.9 Å². The van der Waals surface area contributed by atoms with Gasteiger partial charge in [-0.1, -0.05) is 12.1 Å². The van der Waals surface area contributed by atoms with Crippen LogP contribution < -0.4 is 10.5 Å². The molecule has 0 fully saturated rings. The number of nitrogens with two attached hydrogens (primary N) is 1. The van der Waals surface area contributed by atoms with E-state index in [0.29, 0.717) is 13.2 Å². The van der Waals surface area contributed by atoms with Crippen LogP contribution in [0.5, 0.6) is 5.75 Å². The lowest BCUT2D eigenvalue weighted by Crippen LogP contribution is -2.44. The monoisotopic (exact) mass is 280 g/mol. The zero-order valence-electron chi connectivity index (χ0n) is 11.7. The molecule has 0 radical (unpaired) electrons. The number of nitrogens with zero attached hydrogens (tertiary/aromatic N) is 1. The summed E-state index contributed by atoms with van der Waals surface area (Å²) in [5.74, 6) is -0.754. The van der Waals surface area contributed by atoms with E-state index in [-0.39, 0.29) is 6.42 Å². The van der Waals surface area contributed by atoms with E-state index in [1.165, 1.54) is 4.90 Å². The van der Waals surface area contributed by atoms with Gasteiger partial charge in [-0.2, -0.15) is 0 Å². The minimum atomic E-state index is -1.09. The average molecular weight is 280 g/mol. The van der Waals surface area contributed by atoms with Crippen molar-refractivity contribution in [2.24, 2.45) is 5.73 Å². The highest BCUT2D eigenvalue weighted by Crippen LogP contribution is 2.12. The number of carbonyl (C=O) groups is 2. The van der Waals surface area contributed by atoms with Gasteiger partial charge < -0.3 is 20.5 Å². The normalized spacial score (nSPS) is 11.8. The van der Waals surface area contributed by atoms with Gasteiger partial charge in [-0.15, -0.1) is 0 Å². The molecule has 0 aliphatic heterocycles. The highest BCUT2D eigenvalue weighted by molar-refractivity contribution is 5.85. The van der Waals surface area contributed by atoms with Crippen molar-refractivity contribution in [3.05, 3.63) is 29.8 Å². The second-order valence-electron chi connectivity index (χ2n) is 4.63. The van der Waals surface area contributed by atoms with Crippen molar-refractivity contribution in [3.63, 3.8) is 0 Å². The first-order chi connectivity index (χ1) is 9.40. The molecular weight excluding hydrogens is 260 g/mol. The highest BCUT2D eigenvalue weighted by Gasteiger charge is 2.20. The molecule has 6 heteroatoms. The third-order valence-corrected chi connectivity index (χ3v) is 2.77. The molecule has 3 N–H and O–H groups in total. The van der Waals surface area contributed by atoms with Crippen LogP contribution in [0.25, 0.3) is 0 Å². The van der Waals surface area contributed by atoms with Gasteiger partial charge in [0.05, 0.1) is 19.0 Å². The number of aliphatic carboxylic acids is 1. The van der Waals surface area contributed by atoms with Crippen molar-refractivity contribution in [1.82, 2.24) is 4.90 Å². The van der Waals surface area contributed by atoms with Crippen LogP contribution in [-0.2, 0) is 9.59 Å². The number of benzene rings is 1. The molecule has 0 aromatic heterocycles. The summed E-state index contributed by atoms with van der Waals surface area (Å²) in [6.07, 6.45) is -0.373. The molecule has 0 saturated heterocycles. The lowest BCUT2D eigenvalue weighted by molar-refractivity contribution is -0.141. The summed E-state index contributed by atoms with van der Waals surface area (Å²) in [6.45, 7) is 2.64. The summed E-state index contributed by atoms with van der Waals surface area (Å²) in [5, 5.41) is 8.59. The molecule has 0 saturated carbocycles. The quantitative estimate of drug-likeness (QED) is 0.764. The van der Waals surface area contributed by atoms with Gasteiger partial charge in [0.1, 0.15) is 12.4 Å². The second kappa shape index (κ2) is 7.49. The number of amides is 1. The van der Waals surface area contributed by atoms with Crippen LogP contribution in [0.3, 0.4) is 0 Å². The molecule has 110 valence electrons. The van der Waals surface area contributed by atoms with Crippen LogP contribution in [0.4, 0.5) is 0 Å². The van der Waals surface area contributed by atoms with E-state index >= 15 is 0 Å². The van der Waals surface area contributed by atoms with Crippen molar-refractivity contribution in [2.75, 3.05) is 20.2 Å². The molecule has 0 aliphatic carbocycles. The summed E-state index contributed by atoms with van der Waals surface area (Å²) >= 11 is 0. The molecule has 1 amide bonds. The van der Waals surface area contributed by atoms with Crippen LogP contribution in [0.1, 0.15) is 12.0 Å². The second-order valence-corrected chi connectivity index (χ2v) is 4.63. The van der Waals surface area contributed by atoms with Gasteiger partial charge in [0, 0.05) is 7.05 Å². The maximum Gasteiger partial charge on any atom is 0.305 e. The smallest absolute Gasteiger partial charge is 0.305 e. The Kier molecular flexibility index (Phi) is 5.99. The summed E-state index contributed by atoms with van der Waals surface area (Å²) in [7, 11) is 1.57. The summed E-state index contributed by atoms with van der Waals surface area (Å²) < 4.78 is 5.52. The standard InChI is InChI=1S/C14H20N2O4/c1-10-4-3-5-11(8-10)20-7-6-16(2)14(19)12(15)9-13(17)18/h3-5,8,12H,6-7,9,15H2,1-2H3,(H,17,18). The largest absolute Gasteiger partial charge is 0.492 e. The number of ether oxygens (including phenoxy) is 1. The minimum absolute atomic E-state index is 0.325. The maximum absolute atomic E-state index is 11.8. The Bertz CT molecular complexity index is 476. The van der Waals surface area contributed by atoms with Crippen LogP contribution in [0.15, 0.2) is 24.3 Å². The number of rotatable bonds is 7. The van der Waals surface area contributed by atoms with Crippen LogP contribution in [-0.4, -0.2) is 48.1 Å². The third kappa shape index (κ3) is 5.27. The Balaban J connectivity index is 2.37. The van der Waals surface area contributed by atoms with Crippen molar-refractivity contribution < 1.29 is 19.4 Å². The summed E-state index contributed by atoms with van der Waals surface area (Å²) in [4.78, 5) is 23.6. The average Bonchev–Trinajstić information content (AvgIpc) is 2.37. The number of likely N-dealkylation sites (N-methyl/N-ethyl adjacent to an activating group) is 1. The highest BCUT2D eigenvalue weighted by atomic mass is 16.5. The Labute approximate surface area is 118 Å². The number of hydrogen-bond acceptors (Lipinski definition) is 4. The fourth-order valence-electron chi connectivity index (χ4n) is 1.67. The van der Waals surface area contributed by atoms with Crippen molar-refractivity contribution in [3.8, 4) is 5.75 Å². The molecule has 1 aromatic carbocycles. The molecule has 1 unspecified atom stereocenters. The van der Waals surface area contributed by atoms with E-state index in [2.05, 4.69) is 0 Å². The molecule has 0 aliphatic rings.